The predicted octanol–water partition coefficient (Wildman–Crippen LogP) is 2.43. The third-order valence-electron chi connectivity index (χ3n) is 4.06. The molecule has 2 aliphatic heterocycles. The Hall–Kier alpha value is -2.53. The van der Waals surface area contributed by atoms with E-state index >= 15 is 0 Å². The van der Waals surface area contributed by atoms with E-state index in [2.05, 4.69) is 21.6 Å². The molecule has 0 unspecified atom stereocenters. The quantitative estimate of drug-likeness (QED) is 0.698. The maximum atomic E-state index is 9.74. The number of para-hydroxylation sites is 1. The zero-order chi connectivity index (χ0) is 14.9. The van der Waals surface area contributed by atoms with E-state index in [4.69, 9.17) is 4.99 Å². The van der Waals surface area contributed by atoms with E-state index in [1.54, 1.807) is 12.1 Å². The minimum absolute atomic E-state index is 0.240. The van der Waals surface area contributed by atoms with Crippen LogP contribution < -0.4 is 10.6 Å². The molecule has 22 heavy (non-hydrogen) atoms. The number of nitrogens with zero attached hydrogens (tertiary/aromatic N) is 2. The average molecular weight is 294 g/mol. The largest absolute Gasteiger partial charge is 0.508 e. The lowest BCUT2D eigenvalue weighted by molar-refractivity contribution is 0.358. The first-order valence-corrected chi connectivity index (χ1v) is 7.55. The van der Waals surface area contributed by atoms with Crippen LogP contribution in [0.2, 0.25) is 0 Å². The molecule has 2 aromatic carbocycles. The maximum absolute atomic E-state index is 9.74. The van der Waals surface area contributed by atoms with Crippen LogP contribution in [-0.4, -0.2) is 42.0 Å². The Kier molecular flexibility index (Phi) is 3.20. The van der Waals surface area contributed by atoms with E-state index in [1.165, 1.54) is 0 Å². The normalized spacial score (nSPS) is 16.9. The van der Waals surface area contributed by atoms with Crippen LogP contribution in [0, 0.1) is 0 Å². The number of fused-ring (bicyclic) bond motifs is 2. The molecule has 5 nitrogen and oxygen atoms in total. The Labute approximate surface area is 129 Å². The zero-order valence-electron chi connectivity index (χ0n) is 12.2. The van der Waals surface area contributed by atoms with Crippen molar-refractivity contribution in [2.75, 3.05) is 31.5 Å². The van der Waals surface area contributed by atoms with Crippen LogP contribution in [0.3, 0.4) is 0 Å². The monoisotopic (exact) mass is 294 g/mol. The first-order chi connectivity index (χ1) is 10.8. The molecule has 2 aliphatic rings. The van der Waals surface area contributed by atoms with Gasteiger partial charge in [-0.15, -0.1) is 0 Å². The standard InChI is InChI=1S/C17H18N4O/c22-12-5-6-15-16(11-12)19-14-4-2-1-3-13(14)17(20-15)21-9-7-18-8-10-21/h1-6,11,18-19,22H,7-10H2. The number of aliphatic imine (C=N–C) groups is 1. The van der Waals surface area contributed by atoms with Crippen molar-refractivity contribution in [1.82, 2.24) is 10.2 Å². The molecule has 3 N–H and O–H groups in total. The second-order valence-corrected chi connectivity index (χ2v) is 5.54. The lowest BCUT2D eigenvalue weighted by atomic mass is 10.1. The molecule has 0 aliphatic carbocycles. The summed E-state index contributed by atoms with van der Waals surface area (Å²) in [6, 6.07) is 13.4. The van der Waals surface area contributed by atoms with Gasteiger partial charge in [-0.1, -0.05) is 12.1 Å². The van der Waals surface area contributed by atoms with Crippen molar-refractivity contribution >= 4 is 22.9 Å². The van der Waals surface area contributed by atoms with Gasteiger partial charge in [0.25, 0.3) is 0 Å². The Morgan fingerprint density at radius 1 is 1.00 bits per heavy atom. The number of hydrogen-bond acceptors (Lipinski definition) is 5. The van der Waals surface area contributed by atoms with Crippen molar-refractivity contribution < 1.29 is 5.11 Å². The number of phenolic OH excluding ortho intramolecular Hbond substituents is 1. The first-order valence-electron chi connectivity index (χ1n) is 7.55. The van der Waals surface area contributed by atoms with Crippen LogP contribution >= 0.6 is 0 Å². The molecule has 2 heterocycles. The summed E-state index contributed by atoms with van der Waals surface area (Å²) in [6.07, 6.45) is 0. The highest BCUT2D eigenvalue weighted by atomic mass is 16.3. The number of phenols is 1. The number of hydrogen-bond donors (Lipinski definition) is 3. The van der Waals surface area contributed by atoms with Gasteiger partial charge in [0.2, 0.25) is 0 Å². The molecule has 4 rings (SSSR count). The topological polar surface area (TPSA) is 59.9 Å². The van der Waals surface area contributed by atoms with Gasteiger partial charge < -0.3 is 20.6 Å². The van der Waals surface area contributed by atoms with Gasteiger partial charge in [-0.2, -0.15) is 0 Å². The van der Waals surface area contributed by atoms with Crippen LogP contribution in [0.1, 0.15) is 5.56 Å². The van der Waals surface area contributed by atoms with Crippen molar-refractivity contribution in [3.63, 3.8) is 0 Å². The Balaban J connectivity index is 1.87. The minimum Gasteiger partial charge on any atom is -0.508 e. The zero-order valence-corrected chi connectivity index (χ0v) is 12.2. The fourth-order valence-corrected chi connectivity index (χ4v) is 2.95. The van der Waals surface area contributed by atoms with Crippen LogP contribution in [0.5, 0.6) is 5.75 Å². The summed E-state index contributed by atoms with van der Waals surface area (Å²) in [6.45, 7) is 3.83. The van der Waals surface area contributed by atoms with E-state index in [0.29, 0.717) is 0 Å². The molecule has 0 radical (unpaired) electrons. The van der Waals surface area contributed by atoms with E-state index in [1.807, 2.05) is 24.3 Å². The Morgan fingerprint density at radius 2 is 1.82 bits per heavy atom. The second kappa shape index (κ2) is 5.35. The molecule has 0 saturated carbocycles. The molecular weight excluding hydrogens is 276 g/mol. The van der Waals surface area contributed by atoms with Gasteiger partial charge in [-0.05, 0) is 24.3 Å². The van der Waals surface area contributed by atoms with E-state index in [9.17, 15) is 5.11 Å². The molecule has 0 atom stereocenters. The number of aromatic hydroxyl groups is 1. The highest BCUT2D eigenvalue weighted by Gasteiger charge is 2.22. The van der Waals surface area contributed by atoms with Crippen LogP contribution in [-0.2, 0) is 0 Å². The van der Waals surface area contributed by atoms with Gasteiger partial charge in [0.15, 0.2) is 0 Å². The van der Waals surface area contributed by atoms with E-state index < -0.39 is 0 Å². The van der Waals surface area contributed by atoms with E-state index in [-0.39, 0.29) is 5.75 Å². The van der Waals surface area contributed by atoms with Crippen molar-refractivity contribution in [3.8, 4) is 5.75 Å². The minimum atomic E-state index is 0.240. The second-order valence-electron chi connectivity index (χ2n) is 5.54. The van der Waals surface area contributed by atoms with Crippen LogP contribution in [0.15, 0.2) is 47.5 Å². The smallest absolute Gasteiger partial charge is 0.138 e. The highest BCUT2D eigenvalue weighted by Crippen LogP contribution is 2.36. The number of anilines is 2. The van der Waals surface area contributed by atoms with Gasteiger partial charge in [-0.25, -0.2) is 4.99 Å². The van der Waals surface area contributed by atoms with Gasteiger partial charge in [0.05, 0.1) is 11.4 Å². The Bertz CT molecular complexity index is 735. The van der Waals surface area contributed by atoms with Gasteiger partial charge >= 0.3 is 0 Å². The number of rotatable bonds is 0. The predicted molar refractivity (Wildman–Crippen MR) is 88.5 cm³/mol. The third kappa shape index (κ3) is 2.29. The lowest BCUT2D eigenvalue weighted by Crippen LogP contribution is -2.46. The molecule has 0 bridgehead atoms. The number of benzene rings is 2. The van der Waals surface area contributed by atoms with Gasteiger partial charge in [-0.3, -0.25) is 0 Å². The number of amidine groups is 1. The van der Waals surface area contributed by atoms with Crippen molar-refractivity contribution in [1.29, 1.82) is 0 Å². The summed E-state index contributed by atoms with van der Waals surface area (Å²) in [5, 5.41) is 16.5. The van der Waals surface area contributed by atoms with Crippen LogP contribution in [0.4, 0.5) is 17.1 Å². The number of nitrogens with one attached hydrogen (secondary N) is 2. The molecule has 1 saturated heterocycles. The summed E-state index contributed by atoms with van der Waals surface area (Å²) >= 11 is 0. The molecule has 0 aromatic heterocycles. The summed E-state index contributed by atoms with van der Waals surface area (Å²) in [5.74, 6) is 1.23. The molecular formula is C17H18N4O. The summed E-state index contributed by atoms with van der Waals surface area (Å²) in [4.78, 5) is 7.20. The SMILES string of the molecule is Oc1ccc2c(c1)Nc1ccccc1C(N1CCNCC1)=N2. The molecule has 112 valence electrons. The molecule has 1 fully saturated rings. The average Bonchev–Trinajstić information content (AvgIpc) is 2.72. The molecule has 0 spiro atoms. The summed E-state index contributed by atoms with van der Waals surface area (Å²) in [7, 11) is 0. The fraction of sp³-hybridized carbons (Fsp3) is 0.235. The lowest BCUT2D eigenvalue weighted by Gasteiger charge is -2.30. The summed E-state index contributed by atoms with van der Waals surface area (Å²) in [5.41, 5.74) is 3.80. The highest BCUT2D eigenvalue weighted by molar-refractivity contribution is 6.07. The van der Waals surface area contributed by atoms with Crippen molar-refractivity contribution in [3.05, 3.63) is 48.0 Å². The van der Waals surface area contributed by atoms with Crippen molar-refractivity contribution in [2.24, 2.45) is 4.99 Å². The van der Waals surface area contributed by atoms with Crippen molar-refractivity contribution in [2.45, 2.75) is 0 Å². The molecule has 5 heteroatoms. The van der Waals surface area contributed by atoms with E-state index in [0.717, 1.165) is 54.6 Å². The third-order valence-corrected chi connectivity index (χ3v) is 4.06. The maximum Gasteiger partial charge on any atom is 0.138 e. The van der Waals surface area contributed by atoms with Crippen LogP contribution in [0.25, 0.3) is 0 Å². The molecule has 2 aromatic rings. The summed E-state index contributed by atoms with van der Waals surface area (Å²) < 4.78 is 0. The van der Waals surface area contributed by atoms with Gasteiger partial charge in [0.1, 0.15) is 11.6 Å². The first kappa shape index (κ1) is 13.2. The Morgan fingerprint density at radius 3 is 2.68 bits per heavy atom. The number of piperazine rings is 1. The van der Waals surface area contributed by atoms with Gasteiger partial charge in [0, 0.05) is 43.5 Å². The fourth-order valence-electron chi connectivity index (χ4n) is 2.95. The molecule has 0 amide bonds.